The summed E-state index contributed by atoms with van der Waals surface area (Å²) in [5, 5.41) is 0. The minimum Gasteiger partial charge on any atom is -0.497 e. The molecule has 0 spiro atoms. The maximum Gasteiger partial charge on any atom is 0.344 e. The highest BCUT2D eigenvalue weighted by Crippen LogP contribution is 2.26. The van der Waals surface area contributed by atoms with Gasteiger partial charge in [-0.2, -0.15) is 0 Å². The zero-order chi connectivity index (χ0) is 17.6. The van der Waals surface area contributed by atoms with Crippen LogP contribution in [-0.4, -0.2) is 18.1 Å². The molecule has 3 aromatic rings. The minimum atomic E-state index is -0.482. The first kappa shape index (κ1) is 17.0. The van der Waals surface area contributed by atoms with E-state index < -0.39 is 5.97 Å². The number of carbonyl (C=O) groups is 1. The highest BCUT2D eigenvalue weighted by Gasteiger charge is 2.14. The molecule has 2 aromatic carbocycles. The van der Waals surface area contributed by atoms with Crippen molar-refractivity contribution in [2.24, 2.45) is 0 Å². The first-order valence-electron chi connectivity index (χ1n) is 7.40. The Kier molecular flexibility index (Phi) is 5.30. The Morgan fingerprint density at radius 1 is 0.960 bits per heavy atom. The van der Waals surface area contributed by atoms with Gasteiger partial charge in [0.25, 0.3) is 0 Å². The smallest absolute Gasteiger partial charge is 0.344 e. The SMILES string of the molecule is COc1ccc(Br)c(C(=O)Oc2ccc(Oc3ccccn3)cc2)c1. The molecule has 0 amide bonds. The molecule has 126 valence electrons. The number of hydrogen-bond acceptors (Lipinski definition) is 5. The number of ether oxygens (including phenoxy) is 3. The highest BCUT2D eigenvalue weighted by atomic mass is 79.9. The van der Waals surface area contributed by atoms with Crippen molar-refractivity contribution < 1.29 is 19.0 Å². The monoisotopic (exact) mass is 399 g/mol. The van der Waals surface area contributed by atoms with Gasteiger partial charge in [-0.15, -0.1) is 0 Å². The first-order valence-corrected chi connectivity index (χ1v) is 8.19. The highest BCUT2D eigenvalue weighted by molar-refractivity contribution is 9.10. The molecule has 0 unspecified atom stereocenters. The summed E-state index contributed by atoms with van der Waals surface area (Å²) < 4.78 is 16.8. The van der Waals surface area contributed by atoms with E-state index in [-0.39, 0.29) is 0 Å². The lowest BCUT2D eigenvalue weighted by Gasteiger charge is -2.09. The Balaban J connectivity index is 1.70. The van der Waals surface area contributed by atoms with Gasteiger partial charge >= 0.3 is 5.97 Å². The lowest BCUT2D eigenvalue weighted by atomic mass is 10.2. The number of halogens is 1. The number of nitrogens with zero attached hydrogens (tertiary/aromatic N) is 1. The zero-order valence-electron chi connectivity index (χ0n) is 13.3. The van der Waals surface area contributed by atoms with Crippen molar-refractivity contribution in [3.8, 4) is 23.1 Å². The third-order valence-electron chi connectivity index (χ3n) is 3.29. The molecule has 25 heavy (non-hydrogen) atoms. The van der Waals surface area contributed by atoms with Crippen molar-refractivity contribution in [3.05, 3.63) is 76.9 Å². The predicted molar refractivity (Wildman–Crippen MR) is 96.4 cm³/mol. The Labute approximate surface area is 153 Å². The van der Waals surface area contributed by atoms with Crippen LogP contribution in [0.4, 0.5) is 0 Å². The summed E-state index contributed by atoms with van der Waals surface area (Å²) in [6.07, 6.45) is 1.65. The van der Waals surface area contributed by atoms with E-state index in [0.29, 0.717) is 33.2 Å². The second kappa shape index (κ2) is 7.81. The zero-order valence-corrected chi connectivity index (χ0v) is 14.9. The van der Waals surface area contributed by atoms with Crippen LogP contribution in [0.2, 0.25) is 0 Å². The lowest BCUT2D eigenvalue weighted by molar-refractivity contribution is 0.0733. The quantitative estimate of drug-likeness (QED) is 0.452. The molecular formula is C19H14BrNO4. The third kappa shape index (κ3) is 4.36. The molecule has 0 N–H and O–H groups in total. The van der Waals surface area contributed by atoms with Gasteiger partial charge in [0.1, 0.15) is 17.2 Å². The minimum absolute atomic E-state index is 0.383. The van der Waals surface area contributed by atoms with Crippen LogP contribution < -0.4 is 14.2 Å². The molecule has 0 aliphatic heterocycles. The van der Waals surface area contributed by atoms with Crippen molar-refractivity contribution in [1.82, 2.24) is 4.98 Å². The molecule has 0 saturated carbocycles. The largest absolute Gasteiger partial charge is 0.497 e. The fraction of sp³-hybridized carbons (Fsp3) is 0.0526. The molecule has 0 atom stereocenters. The Morgan fingerprint density at radius 2 is 1.68 bits per heavy atom. The van der Waals surface area contributed by atoms with Gasteiger partial charge < -0.3 is 14.2 Å². The molecule has 0 aliphatic carbocycles. The van der Waals surface area contributed by atoms with E-state index in [4.69, 9.17) is 14.2 Å². The average molecular weight is 400 g/mol. The van der Waals surface area contributed by atoms with Crippen LogP contribution in [0.1, 0.15) is 10.4 Å². The number of esters is 1. The average Bonchev–Trinajstić information content (AvgIpc) is 2.64. The van der Waals surface area contributed by atoms with E-state index >= 15 is 0 Å². The van der Waals surface area contributed by atoms with Gasteiger partial charge in [0.05, 0.1) is 12.7 Å². The maximum atomic E-state index is 12.3. The molecule has 0 saturated heterocycles. The third-order valence-corrected chi connectivity index (χ3v) is 3.98. The van der Waals surface area contributed by atoms with Crippen molar-refractivity contribution in [3.63, 3.8) is 0 Å². The van der Waals surface area contributed by atoms with Crippen molar-refractivity contribution in [1.29, 1.82) is 0 Å². The molecule has 0 aliphatic rings. The number of carbonyl (C=O) groups excluding carboxylic acids is 1. The van der Waals surface area contributed by atoms with Crippen LogP contribution >= 0.6 is 15.9 Å². The van der Waals surface area contributed by atoms with Crippen molar-refractivity contribution in [2.45, 2.75) is 0 Å². The Morgan fingerprint density at radius 3 is 2.36 bits per heavy atom. The fourth-order valence-electron chi connectivity index (χ4n) is 2.05. The van der Waals surface area contributed by atoms with E-state index in [9.17, 15) is 4.79 Å². The molecule has 5 nitrogen and oxygen atoms in total. The lowest BCUT2D eigenvalue weighted by Crippen LogP contribution is -2.09. The molecule has 3 rings (SSSR count). The first-order chi connectivity index (χ1) is 12.2. The number of benzene rings is 2. The second-order valence-corrected chi connectivity index (χ2v) is 5.83. The van der Waals surface area contributed by atoms with E-state index in [0.717, 1.165) is 0 Å². The van der Waals surface area contributed by atoms with Gasteiger partial charge in [-0.05, 0) is 64.5 Å². The van der Waals surface area contributed by atoms with Gasteiger partial charge in [-0.1, -0.05) is 6.07 Å². The van der Waals surface area contributed by atoms with Crippen LogP contribution in [0.5, 0.6) is 23.1 Å². The summed E-state index contributed by atoms with van der Waals surface area (Å²) in [5.74, 6) is 1.60. The standard InChI is InChI=1S/C19H14BrNO4/c1-23-15-9-10-17(20)16(12-15)19(22)25-14-7-5-13(6-8-14)24-18-4-2-3-11-21-18/h2-12H,1H3. The number of methoxy groups -OCH3 is 1. The summed E-state index contributed by atoms with van der Waals surface area (Å²) in [6, 6.07) is 17.2. The van der Waals surface area contributed by atoms with E-state index in [1.807, 2.05) is 12.1 Å². The van der Waals surface area contributed by atoms with Crippen LogP contribution in [0.3, 0.4) is 0 Å². The number of aromatic nitrogens is 1. The van der Waals surface area contributed by atoms with Gasteiger partial charge in [-0.3, -0.25) is 0 Å². The van der Waals surface area contributed by atoms with E-state index in [2.05, 4.69) is 20.9 Å². The Hall–Kier alpha value is -2.86. The molecular weight excluding hydrogens is 386 g/mol. The maximum absolute atomic E-state index is 12.3. The summed E-state index contributed by atoms with van der Waals surface area (Å²) in [5.41, 5.74) is 0.383. The summed E-state index contributed by atoms with van der Waals surface area (Å²) >= 11 is 3.34. The molecule has 1 heterocycles. The van der Waals surface area contributed by atoms with Crippen LogP contribution in [0.25, 0.3) is 0 Å². The Bertz CT molecular complexity index is 866. The summed E-state index contributed by atoms with van der Waals surface area (Å²) in [7, 11) is 1.54. The summed E-state index contributed by atoms with van der Waals surface area (Å²) in [6.45, 7) is 0. The topological polar surface area (TPSA) is 57.7 Å². The van der Waals surface area contributed by atoms with Crippen LogP contribution in [0, 0.1) is 0 Å². The summed E-state index contributed by atoms with van der Waals surface area (Å²) in [4.78, 5) is 16.4. The van der Waals surface area contributed by atoms with E-state index in [1.165, 1.54) is 0 Å². The van der Waals surface area contributed by atoms with Crippen LogP contribution in [0.15, 0.2) is 71.3 Å². The molecule has 6 heteroatoms. The number of hydrogen-bond donors (Lipinski definition) is 0. The molecule has 0 fully saturated rings. The van der Waals surface area contributed by atoms with Gasteiger partial charge in [0.2, 0.25) is 5.88 Å². The van der Waals surface area contributed by atoms with E-state index in [1.54, 1.807) is 61.8 Å². The number of pyridine rings is 1. The predicted octanol–water partition coefficient (Wildman–Crippen LogP) is 4.86. The molecule has 1 aromatic heterocycles. The number of rotatable bonds is 5. The van der Waals surface area contributed by atoms with Crippen LogP contribution in [-0.2, 0) is 0 Å². The molecule has 0 bridgehead atoms. The van der Waals surface area contributed by atoms with Crippen molar-refractivity contribution in [2.75, 3.05) is 7.11 Å². The van der Waals surface area contributed by atoms with Crippen molar-refractivity contribution >= 4 is 21.9 Å². The fourth-order valence-corrected chi connectivity index (χ4v) is 2.46. The van der Waals surface area contributed by atoms with Gasteiger partial charge in [0, 0.05) is 16.7 Å². The second-order valence-electron chi connectivity index (χ2n) is 4.98. The van der Waals surface area contributed by atoms with Gasteiger partial charge in [-0.25, -0.2) is 9.78 Å². The molecule has 0 radical (unpaired) electrons. The normalized spacial score (nSPS) is 10.2. The van der Waals surface area contributed by atoms with Gasteiger partial charge in [0.15, 0.2) is 0 Å².